The summed E-state index contributed by atoms with van der Waals surface area (Å²) in [4.78, 5) is 28.7. The SMILES string of the molecule is N#CCC1(n2cc(-c3ncnc4[nH]ccc34)cn2)CC(N2CCN(C(=O)NCC3CC3)CC2)C1. The van der Waals surface area contributed by atoms with Crippen LogP contribution >= 0.6 is 0 Å². The van der Waals surface area contributed by atoms with Gasteiger partial charge in [-0.05, 0) is 37.7 Å². The van der Waals surface area contributed by atoms with Gasteiger partial charge < -0.3 is 15.2 Å². The summed E-state index contributed by atoms with van der Waals surface area (Å²) in [7, 11) is 0. The molecular weight excluding hydrogens is 430 g/mol. The topological polar surface area (TPSA) is 119 Å². The average Bonchev–Trinajstić information content (AvgIpc) is 3.31. The van der Waals surface area contributed by atoms with Crippen LogP contribution in [-0.2, 0) is 5.54 Å². The zero-order valence-electron chi connectivity index (χ0n) is 19.2. The van der Waals surface area contributed by atoms with E-state index in [1.807, 2.05) is 34.2 Å². The number of rotatable bonds is 6. The maximum Gasteiger partial charge on any atom is 0.317 e. The first-order chi connectivity index (χ1) is 16.6. The molecule has 0 radical (unpaired) electrons. The number of H-pyrrole nitrogens is 1. The van der Waals surface area contributed by atoms with Crippen LogP contribution in [0.25, 0.3) is 22.3 Å². The molecular formula is C24H29N9O. The monoisotopic (exact) mass is 459 g/mol. The fraction of sp³-hybridized carbons (Fsp3) is 0.542. The van der Waals surface area contributed by atoms with Crippen LogP contribution in [0, 0.1) is 17.2 Å². The van der Waals surface area contributed by atoms with E-state index in [1.165, 1.54) is 12.8 Å². The van der Waals surface area contributed by atoms with Gasteiger partial charge in [0, 0.05) is 62.1 Å². The zero-order chi connectivity index (χ0) is 23.1. The lowest BCUT2D eigenvalue weighted by Crippen LogP contribution is -2.61. The molecule has 6 rings (SSSR count). The van der Waals surface area contributed by atoms with Gasteiger partial charge >= 0.3 is 6.03 Å². The summed E-state index contributed by atoms with van der Waals surface area (Å²) in [6, 6.07) is 4.84. The molecule has 0 aromatic carbocycles. The van der Waals surface area contributed by atoms with Gasteiger partial charge in [-0.15, -0.1) is 0 Å². The first-order valence-corrected chi connectivity index (χ1v) is 12.1. The first kappa shape index (κ1) is 21.1. The number of hydrogen-bond donors (Lipinski definition) is 2. The van der Waals surface area contributed by atoms with Gasteiger partial charge in [-0.1, -0.05) is 0 Å². The predicted octanol–water partition coefficient (Wildman–Crippen LogP) is 2.33. The van der Waals surface area contributed by atoms with Crippen molar-refractivity contribution in [1.29, 1.82) is 5.26 Å². The lowest BCUT2D eigenvalue weighted by atomic mass is 9.70. The van der Waals surface area contributed by atoms with Gasteiger partial charge in [0.2, 0.25) is 0 Å². The fourth-order valence-corrected chi connectivity index (χ4v) is 5.40. The third kappa shape index (κ3) is 3.80. The minimum atomic E-state index is -0.291. The summed E-state index contributed by atoms with van der Waals surface area (Å²) in [6.45, 7) is 4.08. The van der Waals surface area contributed by atoms with Crippen LogP contribution in [0.2, 0.25) is 0 Å². The van der Waals surface area contributed by atoms with E-state index >= 15 is 0 Å². The summed E-state index contributed by atoms with van der Waals surface area (Å²) >= 11 is 0. The van der Waals surface area contributed by atoms with Gasteiger partial charge in [-0.3, -0.25) is 9.58 Å². The zero-order valence-corrected chi connectivity index (χ0v) is 19.2. The molecule has 2 N–H and O–H groups in total. The number of fused-ring (bicyclic) bond motifs is 1. The largest absolute Gasteiger partial charge is 0.346 e. The lowest BCUT2D eigenvalue weighted by molar-refractivity contribution is -0.0129. The molecule has 0 unspecified atom stereocenters. The van der Waals surface area contributed by atoms with Crippen LogP contribution in [0.15, 0.2) is 31.0 Å². The van der Waals surface area contributed by atoms with E-state index in [1.54, 1.807) is 6.33 Å². The summed E-state index contributed by atoms with van der Waals surface area (Å²) in [6.07, 6.45) is 12.0. The molecule has 0 bridgehead atoms. The molecule has 176 valence electrons. The summed E-state index contributed by atoms with van der Waals surface area (Å²) in [5, 5.41) is 18.3. The van der Waals surface area contributed by atoms with E-state index in [2.05, 4.69) is 36.3 Å². The Hall–Kier alpha value is -3.45. The van der Waals surface area contributed by atoms with E-state index in [4.69, 9.17) is 0 Å². The number of hydrogen-bond acceptors (Lipinski definition) is 6. The van der Waals surface area contributed by atoms with Crippen molar-refractivity contribution in [2.24, 2.45) is 5.92 Å². The van der Waals surface area contributed by atoms with E-state index in [0.717, 1.165) is 67.9 Å². The van der Waals surface area contributed by atoms with Gasteiger partial charge in [-0.25, -0.2) is 14.8 Å². The van der Waals surface area contributed by atoms with Crippen LogP contribution in [-0.4, -0.2) is 79.3 Å². The van der Waals surface area contributed by atoms with Crippen molar-refractivity contribution in [2.75, 3.05) is 32.7 Å². The van der Waals surface area contributed by atoms with E-state index in [-0.39, 0.29) is 11.6 Å². The molecule has 3 aromatic rings. The second-order valence-corrected chi connectivity index (χ2v) is 9.91. The van der Waals surface area contributed by atoms with Crippen LogP contribution in [0.4, 0.5) is 4.79 Å². The number of urea groups is 1. The Labute approximate surface area is 198 Å². The number of carbonyl (C=O) groups excluding carboxylic acids is 1. The number of piperazine rings is 1. The molecule has 10 nitrogen and oxygen atoms in total. The first-order valence-electron chi connectivity index (χ1n) is 12.1. The Morgan fingerprint density at radius 1 is 1.24 bits per heavy atom. The molecule has 3 aromatic heterocycles. The molecule has 2 saturated carbocycles. The number of nitrogens with one attached hydrogen (secondary N) is 2. The highest BCUT2D eigenvalue weighted by molar-refractivity contribution is 5.90. The molecule has 2 aliphatic carbocycles. The van der Waals surface area contributed by atoms with Crippen molar-refractivity contribution in [3.05, 3.63) is 31.0 Å². The Balaban J connectivity index is 1.10. The maximum atomic E-state index is 12.4. The van der Waals surface area contributed by atoms with Crippen LogP contribution < -0.4 is 5.32 Å². The van der Waals surface area contributed by atoms with Gasteiger partial charge in [0.05, 0.1) is 29.9 Å². The summed E-state index contributed by atoms with van der Waals surface area (Å²) in [5.74, 6) is 0.694. The Kier molecular flexibility index (Phi) is 5.21. The third-order valence-corrected chi connectivity index (χ3v) is 7.69. The Morgan fingerprint density at radius 3 is 2.82 bits per heavy atom. The van der Waals surface area contributed by atoms with Crippen molar-refractivity contribution in [2.45, 2.75) is 43.7 Å². The number of nitriles is 1. The van der Waals surface area contributed by atoms with Crippen molar-refractivity contribution >= 4 is 17.1 Å². The number of carbonyl (C=O) groups is 1. The van der Waals surface area contributed by atoms with Gasteiger partial charge in [0.25, 0.3) is 0 Å². The second-order valence-electron chi connectivity index (χ2n) is 9.91. The molecule has 2 amide bonds. The maximum absolute atomic E-state index is 12.4. The molecule has 4 heterocycles. The van der Waals surface area contributed by atoms with Crippen LogP contribution in [0.3, 0.4) is 0 Å². The van der Waals surface area contributed by atoms with Gasteiger partial charge in [0.1, 0.15) is 12.0 Å². The highest BCUT2D eigenvalue weighted by Crippen LogP contribution is 2.45. The molecule has 3 aliphatic rings. The van der Waals surface area contributed by atoms with Crippen LogP contribution in [0.1, 0.15) is 32.1 Å². The molecule has 1 aliphatic heterocycles. The van der Waals surface area contributed by atoms with Crippen molar-refractivity contribution in [3.8, 4) is 17.3 Å². The quantitative estimate of drug-likeness (QED) is 0.584. The highest BCUT2D eigenvalue weighted by Gasteiger charge is 2.49. The number of amides is 2. The molecule has 34 heavy (non-hydrogen) atoms. The van der Waals surface area contributed by atoms with Crippen molar-refractivity contribution < 1.29 is 4.79 Å². The highest BCUT2D eigenvalue weighted by atomic mass is 16.2. The molecule has 1 saturated heterocycles. The molecule has 0 spiro atoms. The van der Waals surface area contributed by atoms with E-state index in [0.29, 0.717) is 18.4 Å². The Bertz CT molecular complexity index is 1220. The lowest BCUT2D eigenvalue weighted by Gasteiger charge is -2.52. The van der Waals surface area contributed by atoms with Crippen molar-refractivity contribution in [3.63, 3.8) is 0 Å². The standard InChI is InChI=1S/C24H29N9O/c25-5-4-24(33-15-18(14-30-33)21-20-3-6-26-22(20)29-16-28-21)11-19(12-24)31-7-9-32(10-8-31)23(34)27-13-17-1-2-17/h3,6,14-17,19H,1-2,4,7-13H2,(H,27,34)(H,26,28,29). The number of aromatic nitrogens is 5. The minimum Gasteiger partial charge on any atom is -0.346 e. The van der Waals surface area contributed by atoms with E-state index < -0.39 is 0 Å². The molecule has 0 atom stereocenters. The van der Waals surface area contributed by atoms with Gasteiger partial charge in [-0.2, -0.15) is 10.4 Å². The van der Waals surface area contributed by atoms with E-state index in [9.17, 15) is 10.1 Å². The fourth-order valence-electron chi connectivity index (χ4n) is 5.40. The number of nitrogens with zero attached hydrogens (tertiary/aromatic N) is 7. The van der Waals surface area contributed by atoms with Crippen LogP contribution in [0.5, 0.6) is 0 Å². The second kappa shape index (κ2) is 8.40. The van der Waals surface area contributed by atoms with Crippen molar-refractivity contribution in [1.82, 2.24) is 39.8 Å². The minimum absolute atomic E-state index is 0.0734. The predicted molar refractivity (Wildman–Crippen MR) is 126 cm³/mol. The smallest absolute Gasteiger partial charge is 0.317 e. The molecule has 10 heteroatoms. The normalized spacial score (nSPS) is 25.1. The third-order valence-electron chi connectivity index (χ3n) is 7.69. The molecule has 3 fully saturated rings. The summed E-state index contributed by atoms with van der Waals surface area (Å²) < 4.78 is 1.98. The number of aromatic amines is 1. The van der Waals surface area contributed by atoms with Gasteiger partial charge in [0.15, 0.2) is 0 Å². The summed E-state index contributed by atoms with van der Waals surface area (Å²) in [5.41, 5.74) is 2.28. The Morgan fingerprint density at radius 2 is 2.06 bits per heavy atom. The average molecular weight is 460 g/mol.